The van der Waals surface area contributed by atoms with E-state index in [-0.39, 0.29) is 6.03 Å². The van der Waals surface area contributed by atoms with Crippen molar-refractivity contribution in [3.8, 4) is 0 Å². The van der Waals surface area contributed by atoms with Gasteiger partial charge in [-0.1, -0.05) is 19.8 Å². The maximum Gasteiger partial charge on any atom is 0.317 e. The van der Waals surface area contributed by atoms with E-state index in [1.165, 1.54) is 32.1 Å². The molecule has 0 aromatic carbocycles. The van der Waals surface area contributed by atoms with Crippen molar-refractivity contribution in [2.24, 2.45) is 17.8 Å². The number of unbranched alkanes of at least 4 members (excludes halogenated alkanes) is 2. The number of amides is 2. The quantitative estimate of drug-likeness (QED) is 0.748. The molecule has 1 heterocycles. The maximum absolute atomic E-state index is 12.0. The van der Waals surface area contributed by atoms with Crippen LogP contribution in [0.5, 0.6) is 0 Å². The highest BCUT2D eigenvalue weighted by Gasteiger charge is 2.57. The molecule has 0 aromatic rings. The molecule has 3 fully saturated rings. The lowest BCUT2D eigenvalue weighted by Crippen LogP contribution is -2.63. The van der Waals surface area contributed by atoms with Crippen molar-refractivity contribution >= 4 is 6.03 Å². The van der Waals surface area contributed by atoms with Crippen molar-refractivity contribution in [2.45, 2.75) is 51.5 Å². The van der Waals surface area contributed by atoms with Gasteiger partial charge in [0.2, 0.25) is 0 Å². The normalized spacial score (nSPS) is 37.8. The average molecular weight is 236 g/mol. The Morgan fingerprint density at radius 1 is 1.29 bits per heavy atom. The minimum absolute atomic E-state index is 0.204. The Morgan fingerprint density at radius 3 is 2.88 bits per heavy atom. The molecule has 0 spiro atoms. The van der Waals surface area contributed by atoms with Gasteiger partial charge in [0.15, 0.2) is 0 Å². The molecule has 0 aromatic heterocycles. The molecule has 3 nitrogen and oxygen atoms in total. The predicted octanol–water partition coefficient (Wildman–Crippen LogP) is 2.62. The lowest BCUT2D eigenvalue weighted by Gasteiger charge is -2.50. The maximum atomic E-state index is 12.0. The number of hydrogen-bond donors (Lipinski definition) is 1. The summed E-state index contributed by atoms with van der Waals surface area (Å²) in [5.74, 6) is 2.64. The van der Waals surface area contributed by atoms with Gasteiger partial charge in [-0.2, -0.15) is 0 Å². The third kappa shape index (κ3) is 1.84. The Labute approximate surface area is 104 Å². The van der Waals surface area contributed by atoms with Crippen molar-refractivity contribution in [3.63, 3.8) is 0 Å². The van der Waals surface area contributed by atoms with Gasteiger partial charge in [0.25, 0.3) is 0 Å². The third-order valence-corrected chi connectivity index (χ3v) is 5.13. The molecule has 1 aliphatic heterocycles. The molecule has 1 N–H and O–H groups in total. The second-order valence-corrected chi connectivity index (χ2v) is 6.08. The summed E-state index contributed by atoms with van der Waals surface area (Å²) in [6, 6.07) is 0.815. The number of rotatable bonds is 4. The van der Waals surface area contributed by atoms with Crippen molar-refractivity contribution in [1.29, 1.82) is 0 Å². The topological polar surface area (TPSA) is 32.3 Å². The Bertz CT molecular complexity index is 303. The summed E-state index contributed by atoms with van der Waals surface area (Å²) in [6.07, 6.45) is 7.75. The van der Waals surface area contributed by atoms with Gasteiger partial charge >= 0.3 is 6.03 Å². The van der Waals surface area contributed by atoms with Crippen LogP contribution in [0.2, 0.25) is 0 Å². The molecule has 4 atom stereocenters. The fourth-order valence-corrected chi connectivity index (χ4v) is 4.22. The van der Waals surface area contributed by atoms with Gasteiger partial charge in [0.05, 0.1) is 0 Å². The zero-order chi connectivity index (χ0) is 11.8. The van der Waals surface area contributed by atoms with Crippen molar-refractivity contribution in [3.05, 3.63) is 0 Å². The smallest absolute Gasteiger partial charge is 0.317 e. The molecule has 2 bridgehead atoms. The van der Waals surface area contributed by atoms with E-state index in [1.807, 2.05) is 0 Å². The molecular formula is C14H24N2O. The van der Waals surface area contributed by atoms with E-state index in [4.69, 9.17) is 0 Å². The van der Waals surface area contributed by atoms with Crippen molar-refractivity contribution in [1.82, 2.24) is 10.2 Å². The Kier molecular flexibility index (Phi) is 3.01. The number of likely N-dealkylation sites (tertiary alicyclic amines) is 1. The molecule has 0 unspecified atom stereocenters. The summed E-state index contributed by atoms with van der Waals surface area (Å²) in [4.78, 5) is 14.1. The first-order valence-electron chi connectivity index (χ1n) is 7.35. The summed E-state index contributed by atoms with van der Waals surface area (Å²) in [7, 11) is 0. The number of nitrogens with one attached hydrogen (secondary N) is 1. The van der Waals surface area contributed by atoms with E-state index in [0.717, 1.165) is 37.3 Å². The summed E-state index contributed by atoms with van der Waals surface area (Å²) < 4.78 is 0. The van der Waals surface area contributed by atoms with Crippen molar-refractivity contribution in [2.75, 3.05) is 13.1 Å². The largest absolute Gasteiger partial charge is 0.338 e. The molecule has 96 valence electrons. The van der Waals surface area contributed by atoms with Crippen LogP contribution in [-0.2, 0) is 0 Å². The van der Waals surface area contributed by atoms with E-state index in [0.29, 0.717) is 6.04 Å². The number of urea groups is 1. The minimum atomic E-state index is 0.204. The molecule has 2 aliphatic carbocycles. The minimum Gasteiger partial charge on any atom is -0.338 e. The Morgan fingerprint density at radius 2 is 2.12 bits per heavy atom. The lowest BCUT2D eigenvalue weighted by molar-refractivity contribution is 0.0123. The van der Waals surface area contributed by atoms with E-state index >= 15 is 0 Å². The van der Waals surface area contributed by atoms with Crippen LogP contribution >= 0.6 is 0 Å². The number of carbonyl (C=O) groups is 1. The summed E-state index contributed by atoms with van der Waals surface area (Å²) in [5.41, 5.74) is 0. The van der Waals surface area contributed by atoms with Crippen LogP contribution in [0.1, 0.15) is 45.4 Å². The number of fused-ring (bicyclic) bond motifs is 5. The highest BCUT2D eigenvalue weighted by Crippen LogP contribution is 2.55. The average Bonchev–Trinajstić information content (AvgIpc) is 2.80. The van der Waals surface area contributed by atoms with Gasteiger partial charge in [-0.15, -0.1) is 0 Å². The van der Waals surface area contributed by atoms with Crippen LogP contribution < -0.4 is 5.32 Å². The molecule has 3 heteroatoms. The van der Waals surface area contributed by atoms with Crippen LogP contribution in [0, 0.1) is 17.8 Å². The highest BCUT2D eigenvalue weighted by molar-refractivity contribution is 5.75. The number of hydrogen-bond acceptors (Lipinski definition) is 1. The van der Waals surface area contributed by atoms with Crippen LogP contribution in [0.3, 0.4) is 0 Å². The van der Waals surface area contributed by atoms with Crippen LogP contribution in [0.15, 0.2) is 0 Å². The molecule has 0 radical (unpaired) electrons. The third-order valence-electron chi connectivity index (χ3n) is 5.13. The fourth-order valence-electron chi connectivity index (χ4n) is 4.22. The van der Waals surface area contributed by atoms with E-state index in [9.17, 15) is 4.79 Å². The SMILES string of the molecule is CCCCCNC(=O)N1C[C@H]2[C@H]3CC[C@@H](C3)[C@@H]21. The molecule has 2 saturated carbocycles. The Hall–Kier alpha value is -0.730. The molecule has 1 saturated heterocycles. The standard InChI is InChI=1S/C14H24N2O/c1-2-3-4-7-15-14(17)16-9-12-10-5-6-11(8-10)13(12)16/h10-13H,2-9H2,1H3,(H,15,17)/t10-,11-,12-,13-/m0/s1. The molecule has 3 aliphatic rings. The molecule has 2 amide bonds. The van der Waals surface area contributed by atoms with Gasteiger partial charge < -0.3 is 10.2 Å². The van der Waals surface area contributed by atoms with Gasteiger partial charge in [-0.05, 0) is 37.5 Å². The molecule has 3 rings (SSSR count). The predicted molar refractivity (Wildman–Crippen MR) is 67.7 cm³/mol. The van der Waals surface area contributed by atoms with Gasteiger partial charge in [-0.3, -0.25) is 0 Å². The number of carbonyl (C=O) groups excluding carboxylic acids is 1. The zero-order valence-electron chi connectivity index (χ0n) is 10.8. The van der Waals surface area contributed by atoms with Gasteiger partial charge in [-0.25, -0.2) is 4.79 Å². The zero-order valence-corrected chi connectivity index (χ0v) is 10.8. The summed E-state index contributed by atoms with van der Waals surface area (Å²) in [6.45, 7) is 4.08. The fraction of sp³-hybridized carbons (Fsp3) is 0.929. The first kappa shape index (κ1) is 11.4. The summed E-state index contributed by atoms with van der Waals surface area (Å²) in [5, 5.41) is 3.08. The second-order valence-electron chi connectivity index (χ2n) is 6.08. The van der Waals surface area contributed by atoms with Gasteiger partial charge in [0.1, 0.15) is 0 Å². The van der Waals surface area contributed by atoms with Crippen molar-refractivity contribution < 1.29 is 4.79 Å². The highest BCUT2D eigenvalue weighted by atomic mass is 16.2. The monoisotopic (exact) mass is 236 g/mol. The Balaban J connectivity index is 1.45. The van der Waals surface area contributed by atoms with Crippen LogP contribution in [0.25, 0.3) is 0 Å². The van der Waals surface area contributed by atoms with Gasteiger partial charge in [0, 0.05) is 25.0 Å². The van der Waals surface area contributed by atoms with E-state index in [2.05, 4.69) is 17.1 Å². The lowest BCUT2D eigenvalue weighted by atomic mass is 9.77. The van der Waals surface area contributed by atoms with Crippen LogP contribution in [0.4, 0.5) is 4.79 Å². The molecule has 17 heavy (non-hydrogen) atoms. The van der Waals surface area contributed by atoms with E-state index in [1.54, 1.807) is 0 Å². The first-order valence-corrected chi connectivity index (χ1v) is 7.35. The van der Waals surface area contributed by atoms with E-state index < -0.39 is 0 Å². The second kappa shape index (κ2) is 4.51. The number of nitrogens with zero attached hydrogens (tertiary/aromatic N) is 1. The first-order chi connectivity index (χ1) is 8.31. The molecular weight excluding hydrogens is 212 g/mol. The van der Waals surface area contributed by atoms with Crippen LogP contribution in [-0.4, -0.2) is 30.1 Å². The summed E-state index contributed by atoms with van der Waals surface area (Å²) >= 11 is 0.